The molecule has 0 aliphatic heterocycles. The van der Waals surface area contributed by atoms with E-state index in [-0.39, 0.29) is 5.78 Å². The lowest BCUT2D eigenvalue weighted by Crippen LogP contribution is -2.30. The van der Waals surface area contributed by atoms with Gasteiger partial charge in [-0.05, 0) is 19.8 Å². The van der Waals surface area contributed by atoms with Crippen LogP contribution in [0.3, 0.4) is 0 Å². The zero-order valence-electron chi connectivity index (χ0n) is 8.24. The summed E-state index contributed by atoms with van der Waals surface area (Å²) in [5.74, 6) is -0.913. The summed E-state index contributed by atoms with van der Waals surface area (Å²) >= 11 is 0. The summed E-state index contributed by atoms with van der Waals surface area (Å²) in [7, 11) is 0. The Labute approximate surface area is 77.9 Å². The van der Waals surface area contributed by atoms with Gasteiger partial charge in [0.05, 0.1) is 0 Å². The monoisotopic (exact) mass is 188 g/mol. The molecule has 76 valence electrons. The quantitative estimate of drug-likeness (QED) is 0.644. The van der Waals surface area contributed by atoms with Gasteiger partial charge in [0.2, 0.25) is 0 Å². The van der Waals surface area contributed by atoms with Crippen LogP contribution in [0, 0.1) is 0 Å². The first-order chi connectivity index (χ1) is 6.02. The van der Waals surface area contributed by atoms with Gasteiger partial charge in [0.1, 0.15) is 0 Å². The number of hydrogen-bond donors (Lipinski definition) is 1. The highest BCUT2D eigenvalue weighted by molar-refractivity contribution is 5.84. The minimum Gasteiger partial charge on any atom is -0.452 e. The van der Waals surface area contributed by atoms with Crippen molar-refractivity contribution in [1.29, 1.82) is 0 Å². The molecule has 0 saturated heterocycles. The van der Waals surface area contributed by atoms with Crippen LogP contribution in [0.5, 0.6) is 0 Å². The van der Waals surface area contributed by atoms with Gasteiger partial charge in [0, 0.05) is 0 Å². The van der Waals surface area contributed by atoms with E-state index in [9.17, 15) is 9.59 Å². The number of aliphatic hydroxyl groups excluding tert-OH is 1. The second-order valence-electron chi connectivity index (χ2n) is 2.87. The standard InChI is InChI=1S/C9H16O4/c1-4-7(11)9(12)13-8(5-2)6(3)10/h7-8,11H,4-5H2,1-3H3. The number of hydrogen-bond acceptors (Lipinski definition) is 4. The Bertz CT molecular complexity index is 188. The zero-order chi connectivity index (χ0) is 10.4. The molecule has 0 rings (SSSR count). The SMILES string of the molecule is CCC(O)C(=O)OC(CC)C(C)=O. The highest BCUT2D eigenvalue weighted by Crippen LogP contribution is 2.03. The minimum absolute atomic E-state index is 0.195. The van der Waals surface area contributed by atoms with Gasteiger partial charge in [-0.15, -0.1) is 0 Å². The van der Waals surface area contributed by atoms with Gasteiger partial charge in [-0.1, -0.05) is 13.8 Å². The van der Waals surface area contributed by atoms with E-state index in [1.807, 2.05) is 0 Å². The Hall–Kier alpha value is -0.900. The average molecular weight is 188 g/mol. The summed E-state index contributed by atoms with van der Waals surface area (Å²) in [6.45, 7) is 4.78. The Morgan fingerprint density at radius 1 is 1.31 bits per heavy atom. The van der Waals surface area contributed by atoms with Gasteiger partial charge in [-0.25, -0.2) is 4.79 Å². The van der Waals surface area contributed by atoms with Crippen LogP contribution in [0.25, 0.3) is 0 Å². The maximum Gasteiger partial charge on any atom is 0.335 e. The number of Topliss-reactive ketones (excluding diaryl/α,β-unsaturated/α-hetero) is 1. The van der Waals surface area contributed by atoms with Gasteiger partial charge in [-0.3, -0.25) is 4.79 Å². The Morgan fingerprint density at radius 3 is 2.15 bits per heavy atom. The van der Waals surface area contributed by atoms with Gasteiger partial charge < -0.3 is 9.84 Å². The summed E-state index contributed by atoms with van der Waals surface area (Å²) < 4.78 is 4.78. The Balaban J connectivity index is 4.09. The third-order valence-corrected chi connectivity index (χ3v) is 1.74. The van der Waals surface area contributed by atoms with E-state index in [2.05, 4.69) is 0 Å². The predicted octanol–water partition coefficient (Wildman–Crippen LogP) is 0.668. The number of carbonyl (C=O) groups excluding carboxylic acids is 2. The fourth-order valence-corrected chi connectivity index (χ4v) is 0.839. The first-order valence-electron chi connectivity index (χ1n) is 4.41. The highest BCUT2D eigenvalue weighted by atomic mass is 16.6. The number of ether oxygens (including phenoxy) is 1. The molecule has 0 aromatic rings. The highest BCUT2D eigenvalue weighted by Gasteiger charge is 2.21. The molecule has 0 fully saturated rings. The molecule has 0 aliphatic carbocycles. The van der Waals surface area contributed by atoms with Crippen LogP contribution in [-0.2, 0) is 14.3 Å². The summed E-state index contributed by atoms with van der Waals surface area (Å²) in [5, 5.41) is 9.07. The van der Waals surface area contributed by atoms with E-state index >= 15 is 0 Å². The second kappa shape index (κ2) is 5.70. The summed E-state index contributed by atoms with van der Waals surface area (Å²) in [6, 6.07) is 0. The van der Waals surface area contributed by atoms with Crippen molar-refractivity contribution in [3.05, 3.63) is 0 Å². The minimum atomic E-state index is -1.12. The molecule has 0 bridgehead atoms. The van der Waals surface area contributed by atoms with Crippen molar-refractivity contribution in [2.45, 2.75) is 45.8 Å². The van der Waals surface area contributed by atoms with E-state index in [1.165, 1.54) is 6.92 Å². The van der Waals surface area contributed by atoms with Crippen molar-refractivity contribution in [2.24, 2.45) is 0 Å². The molecule has 0 saturated carbocycles. The van der Waals surface area contributed by atoms with Crippen LogP contribution in [0.4, 0.5) is 0 Å². The topological polar surface area (TPSA) is 63.6 Å². The molecule has 2 atom stereocenters. The first kappa shape index (κ1) is 12.1. The molecule has 0 aliphatic rings. The molecular formula is C9H16O4. The second-order valence-corrected chi connectivity index (χ2v) is 2.87. The molecule has 0 heterocycles. The lowest BCUT2D eigenvalue weighted by atomic mass is 10.2. The molecule has 4 heteroatoms. The van der Waals surface area contributed by atoms with Crippen LogP contribution in [0.15, 0.2) is 0 Å². The van der Waals surface area contributed by atoms with Crippen LogP contribution in [0.1, 0.15) is 33.6 Å². The molecule has 0 radical (unpaired) electrons. The molecule has 13 heavy (non-hydrogen) atoms. The maximum atomic E-state index is 11.0. The van der Waals surface area contributed by atoms with Crippen molar-refractivity contribution in [2.75, 3.05) is 0 Å². The number of rotatable bonds is 5. The number of esters is 1. The van der Waals surface area contributed by atoms with E-state index in [0.29, 0.717) is 12.8 Å². The van der Waals surface area contributed by atoms with E-state index in [1.54, 1.807) is 13.8 Å². The fraction of sp³-hybridized carbons (Fsp3) is 0.778. The molecule has 4 nitrogen and oxygen atoms in total. The summed E-state index contributed by atoms with van der Waals surface area (Å²) in [5.41, 5.74) is 0. The predicted molar refractivity (Wildman–Crippen MR) is 47.1 cm³/mol. The van der Waals surface area contributed by atoms with E-state index in [4.69, 9.17) is 9.84 Å². The Kier molecular flexibility index (Phi) is 5.30. The van der Waals surface area contributed by atoms with Crippen molar-refractivity contribution in [3.8, 4) is 0 Å². The van der Waals surface area contributed by atoms with Crippen LogP contribution in [0.2, 0.25) is 0 Å². The Morgan fingerprint density at radius 2 is 1.85 bits per heavy atom. The third kappa shape index (κ3) is 4.03. The lowest BCUT2D eigenvalue weighted by molar-refractivity contribution is -0.163. The molecule has 0 aromatic carbocycles. The van der Waals surface area contributed by atoms with Crippen molar-refractivity contribution < 1.29 is 19.4 Å². The maximum absolute atomic E-state index is 11.0. The lowest BCUT2D eigenvalue weighted by Gasteiger charge is -2.14. The van der Waals surface area contributed by atoms with E-state index in [0.717, 1.165) is 0 Å². The molecule has 1 N–H and O–H groups in total. The number of aliphatic hydroxyl groups is 1. The smallest absolute Gasteiger partial charge is 0.335 e. The fourth-order valence-electron chi connectivity index (χ4n) is 0.839. The van der Waals surface area contributed by atoms with Gasteiger partial charge in [-0.2, -0.15) is 0 Å². The largest absolute Gasteiger partial charge is 0.452 e. The van der Waals surface area contributed by atoms with Gasteiger partial charge in [0.15, 0.2) is 18.0 Å². The van der Waals surface area contributed by atoms with Crippen molar-refractivity contribution in [3.63, 3.8) is 0 Å². The summed E-state index contributed by atoms with van der Waals surface area (Å²) in [6.07, 6.45) is -1.09. The molecular weight excluding hydrogens is 172 g/mol. The van der Waals surface area contributed by atoms with Crippen LogP contribution < -0.4 is 0 Å². The van der Waals surface area contributed by atoms with E-state index < -0.39 is 18.2 Å². The number of ketones is 1. The van der Waals surface area contributed by atoms with Gasteiger partial charge >= 0.3 is 5.97 Å². The average Bonchev–Trinajstić information content (AvgIpc) is 2.11. The first-order valence-corrected chi connectivity index (χ1v) is 4.41. The third-order valence-electron chi connectivity index (χ3n) is 1.74. The van der Waals surface area contributed by atoms with Crippen LogP contribution >= 0.6 is 0 Å². The molecule has 0 aromatic heterocycles. The zero-order valence-corrected chi connectivity index (χ0v) is 8.24. The summed E-state index contributed by atoms with van der Waals surface area (Å²) in [4.78, 5) is 21.9. The van der Waals surface area contributed by atoms with Gasteiger partial charge in [0.25, 0.3) is 0 Å². The molecule has 0 amide bonds. The molecule has 0 spiro atoms. The van der Waals surface area contributed by atoms with Crippen molar-refractivity contribution >= 4 is 11.8 Å². The van der Waals surface area contributed by atoms with Crippen LogP contribution in [-0.4, -0.2) is 29.1 Å². The normalized spacial score (nSPS) is 14.8. The van der Waals surface area contributed by atoms with Crippen molar-refractivity contribution in [1.82, 2.24) is 0 Å². The molecule has 2 unspecified atom stereocenters. The number of carbonyl (C=O) groups is 2.